The zero-order valence-corrected chi connectivity index (χ0v) is 23.0. The number of unbranched alkanes of at least 4 members (excludes halogenated alkanes) is 2. The van der Waals surface area contributed by atoms with Gasteiger partial charge in [-0.1, -0.05) is 13.3 Å². The van der Waals surface area contributed by atoms with E-state index in [1.165, 1.54) is 10.6 Å². The highest BCUT2D eigenvalue weighted by Gasteiger charge is 2.30. The molecular formula is C29H40N2O8. The number of benzene rings is 1. The number of hydrogen-bond acceptors (Lipinski definition) is 8. The number of ketones is 1. The zero-order valence-electron chi connectivity index (χ0n) is 23.0. The van der Waals surface area contributed by atoms with Gasteiger partial charge in [0, 0.05) is 43.6 Å². The van der Waals surface area contributed by atoms with Crippen molar-refractivity contribution >= 4 is 28.5 Å². The number of piperidine rings is 1. The van der Waals surface area contributed by atoms with Gasteiger partial charge in [-0.25, -0.2) is 0 Å². The topological polar surface area (TPSA) is 122 Å². The molecular weight excluding hydrogens is 504 g/mol. The summed E-state index contributed by atoms with van der Waals surface area (Å²) < 4.78 is 23.6. The number of carbonyl (C=O) groups is 3. The molecule has 0 bridgehead atoms. The second kappa shape index (κ2) is 16.1. The molecule has 2 aromatic rings. The Bertz CT molecular complexity index is 1180. The van der Waals surface area contributed by atoms with Crippen molar-refractivity contribution in [2.75, 3.05) is 46.2 Å². The normalized spacial score (nSPS) is 15.5. The number of hydrogen-bond donors (Lipinski definition) is 1. The van der Waals surface area contributed by atoms with E-state index in [0.29, 0.717) is 57.1 Å². The SMILES string of the molecule is CCCCOCCOCCOCCCCC(=O)COc1ccc2c(C)cc(=O)n(C3CCC(=O)NC3=O)c2c1. The van der Waals surface area contributed by atoms with Gasteiger partial charge in [0.25, 0.3) is 5.56 Å². The van der Waals surface area contributed by atoms with Crippen LogP contribution in [0.4, 0.5) is 0 Å². The van der Waals surface area contributed by atoms with E-state index in [1.807, 2.05) is 13.0 Å². The Kier molecular flexibility index (Phi) is 12.6. The van der Waals surface area contributed by atoms with Crippen LogP contribution in [0.25, 0.3) is 10.9 Å². The molecule has 1 aliphatic rings. The first-order valence-electron chi connectivity index (χ1n) is 13.8. The molecule has 10 heteroatoms. The van der Waals surface area contributed by atoms with Gasteiger partial charge in [-0.15, -0.1) is 0 Å². The highest BCUT2D eigenvalue weighted by atomic mass is 16.5. The third kappa shape index (κ3) is 9.56. The largest absolute Gasteiger partial charge is 0.486 e. The molecule has 0 saturated carbocycles. The predicted octanol–water partition coefficient (Wildman–Crippen LogP) is 3.26. The molecule has 2 heterocycles. The Balaban J connectivity index is 1.40. The molecule has 0 spiro atoms. The molecule has 1 aromatic carbocycles. The summed E-state index contributed by atoms with van der Waals surface area (Å²) >= 11 is 0. The van der Waals surface area contributed by atoms with Crippen molar-refractivity contribution < 1.29 is 33.3 Å². The van der Waals surface area contributed by atoms with Gasteiger partial charge in [-0.05, 0) is 50.3 Å². The Morgan fingerprint density at radius 3 is 2.33 bits per heavy atom. The Labute approximate surface area is 228 Å². The van der Waals surface area contributed by atoms with E-state index in [1.54, 1.807) is 12.1 Å². The second-order valence-electron chi connectivity index (χ2n) is 9.66. The maximum Gasteiger partial charge on any atom is 0.252 e. The highest BCUT2D eigenvalue weighted by Crippen LogP contribution is 2.27. The van der Waals surface area contributed by atoms with Gasteiger partial charge in [0.15, 0.2) is 5.78 Å². The van der Waals surface area contributed by atoms with E-state index in [0.717, 1.165) is 36.8 Å². The van der Waals surface area contributed by atoms with Crippen molar-refractivity contribution in [3.05, 3.63) is 40.2 Å². The molecule has 1 fully saturated rings. The van der Waals surface area contributed by atoms with Crippen LogP contribution in [0, 0.1) is 6.92 Å². The van der Waals surface area contributed by atoms with Crippen molar-refractivity contribution in [1.82, 2.24) is 9.88 Å². The molecule has 10 nitrogen and oxygen atoms in total. The summed E-state index contributed by atoms with van der Waals surface area (Å²) in [6.07, 6.45) is 4.43. The number of amides is 2. The first-order chi connectivity index (χ1) is 18.9. The minimum atomic E-state index is -0.784. The fraction of sp³-hybridized carbons (Fsp3) is 0.586. The lowest BCUT2D eigenvalue weighted by Gasteiger charge is -2.25. The molecule has 39 heavy (non-hydrogen) atoms. The van der Waals surface area contributed by atoms with Crippen LogP contribution >= 0.6 is 0 Å². The number of aryl methyl sites for hydroxylation is 1. The number of aromatic nitrogens is 1. The lowest BCUT2D eigenvalue weighted by Crippen LogP contribution is -2.44. The van der Waals surface area contributed by atoms with Gasteiger partial charge in [-0.3, -0.25) is 29.1 Å². The van der Waals surface area contributed by atoms with Crippen LogP contribution in [0.3, 0.4) is 0 Å². The van der Waals surface area contributed by atoms with E-state index >= 15 is 0 Å². The summed E-state index contributed by atoms with van der Waals surface area (Å²) in [4.78, 5) is 49.2. The molecule has 1 aromatic heterocycles. The number of ether oxygens (including phenoxy) is 4. The minimum absolute atomic E-state index is 0.0340. The number of nitrogens with zero attached hydrogens (tertiary/aromatic N) is 1. The average Bonchev–Trinajstić information content (AvgIpc) is 2.91. The van der Waals surface area contributed by atoms with Crippen LogP contribution in [0.5, 0.6) is 5.75 Å². The van der Waals surface area contributed by atoms with Crippen molar-refractivity contribution in [3.63, 3.8) is 0 Å². The second-order valence-corrected chi connectivity index (χ2v) is 9.66. The van der Waals surface area contributed by atoms with E-state index < -0.39 is 11.9 Å². The van der Waals surface area contributed by atoms with Crippen molar-refractivity contribution in [3.8, 4) is 5.75 Å². The van der Waals surface area contributed by atoms with Crippen LogP contribution < -0.4 is 15.6 Å². The summed E-state index contributed by atoms with van der Waals surface area (Å²) in [5.41, 5.74) is 0.976. The molecule has 1 atom stereocenters. The van der Waals surface area contributed by atoms with E-state index in [4.69, 9.17) is 18.9 Å². The van der Waals surface area contributed by atoms with Crippen LogP contribution in [0.2, 0.25) is 0 Å². The molecule has 1 unspecified atom stereocenters. The molecule has 1 N–H and O–H groups in total. The molecule has 0 aliphatic carbocycles. The number of carbonyl (C=O) groups excluding carboxylic acids is 3. The third-order valence-corrected chi connectivity index (χ3v) is 6.53. The maximum absolute atomic E-state index is 12.8. The van der Waals surface area contributed by atoms with Gasteiger partial charge in [0.1, 0.15) is 18.4 Å². The molecule has 3 rings (SSSR count). The van der Waals surface area contributed by atoms with Crippen LogP contribution in [0.15, 0.2) is 29.1 Å². The molecule has 0 radical (unpaired) electrons. The fourth-order valence-corrected chi connectivity index (χ4v) is 4.39. The maximum atomic E-state index is 12.8. The van der Waals surface area contributed by atoms with Crippen molar-refractivity contribution in [1.29, 1.82) is 0 Å². The lowest BCUT2D eigenvalue weighted by molar-refractivity contribution is -0.135. The standard InChI is InChI=1S/C29H40N2O8/c1-3-4-12-36-14-16-38-17-15-37-13-6-5-7-22(32)20-39-23-8-9-24-21(2)18-28(34)31(26(24)19-23)25-10-11-27(33)30-29(25)35/h8-9,18-19,25H,3-7,10-17,20H2,1-2H3,(H,30,33,35). The third-order valence-electron chi connectivity index (χ3n) is 6.53. The van der Waals surface area contributed by atoms with Crippen LogP contribution in [-0.4, -0.2) is 68.4 Å². The van der Waals surface area contributed by atoms with Crippen molar-refractivity contribution in [2.45, 2.75) is 64.8 Å². The molecule has 1 saturated heterocycles. The summed E-state index contributed by atoms with van der Waals surface area (Å²) in [7, 11) is 0. The average molecular weight is 545 g/mol. The Hall–Kier alpha value is -3.08. The minimum Gasteiger partial charge on any atom is -0.486 e. The highest BCUT2D eigenvalue weighted by molar-refractivity contribution is 6.00. The first-order valence-corrected chi connectivity index (χ1v) is 13.8. The van der Waals surface area contributed by atoms with E-state index in [-0.39, 0.29) is 36.7 Å². The predicted molar refractivity (Wildman–Crippen MR) is 146 cm³/mol. The van der Waals surface area contributed by atoms with Gasteiger partial charge >= 0.3 is 0 Å². The van der Waals surface area contributed by atoms with Gasteiger partial charge in [0.05, 0.1) is 31.9 Å². The lowest BCUT2D eigenvalue weighted by atomic mass is 10.0. The molecule has 214 valence electrons. The molecule has 1 aliphatic heterocycles. The molecule has 2 amide bonds. The summed E-state index contributed by atoms with van der Waals surface area (Å²) in [5.74, 6) is -0.443. The Morgan fingerprint density at radius 2 is 1.64 bits per heavy atom. The number of pyridine rings is 1. The number of nitrogens with one attached hydrogen (secondary N) is 1. The van der Waals surface area contributed by atoms with E-state index in [2.05, 4.69) is 12.2 Å². The van der Waals surface area contributed by atoms with Gasteiger partial charge in [0.2, 0.25) is 11.8 Å². The van der Waals surface area contributed by atoms with Crippen molar-refractivity contribution in [2.24, 2.45) is 0 Å². The zero-order chi connectivity index (χ0) is 28.0. The monoisotopic (exact) mass is 544 g/mol. The summed E-state index contributed by atoms with van der Waals surface area (Å²) in [5, 5.41) is 3.10. The van der Waals surface area contributed by atoms with Gasteiger partial charge in [-0.2, -0.15) is 0 Å². The Morgan fingerprint density at radius 1 is 0.949 bits per heavy atom. The van der Waals surface area contributed by atoms with E-state index in [9.17, 15) is 19.2 Å². The van der Waals surface area contributed by atoms with Crippen LogP contribution in [0.1, 0.15) is 63.5 Å². The fourth-order valence-electron chi connectivity index (χ4n) is 4.39. The number of Topliss-reactive ketones (excluding diaryl/α,β-unsaturated/α-hetero) is 1. The number of rotatable bonds is 18. The number of imide groups is 1. The first kappa shape index (κ1) is 30.5. The number of fused-ring (bicyclic) bond motifs is 1. The van der Waals surface area contributed by atoms with Gasteiger partial charge < -0.3 is 18.9 Å². The van der Waals surface area contributed by atoms with Crippen LogP contribution in [-0.2, 0) is 28.6 Å². The summed E-state index contributed by atoms with van der Waals surface area (Å²) in [6.45, 7) is 7.39. The summed E-state index contributed by atoms with van der Waals surface area (Å²) in [6, 6.07) is 5.93. The smallest absolute Gasteiger partial charge is 0.252 e. The quantitative estimate of drug-likeness (QED) is 0.224.